The Morgan fingerprint density at radius 1 is 1.43 bits per heavy atom. The second kappa shape index (κ2) is 8.89. The van der Waals surface area contributed by atoms with Crippen molar-refractivity contribution >= 4 is 29.0 Å². The number of ether oxygens (including phenoxy) is 1. The molecule has 0 spiro atoms. The standard InChI is InChI=1S/C18H21N5O3S2/c19-15(24)5-6-16-21-22-18(23(16)9-13-3-1-7-25-13)28-11-12-10-26-17(20-12)14-4-2-8-27-14/h2,4,8,10,13H,1,3,5-7,9,11H2,(H2,19,24). The molecule has 4 heterocycles. The van der Waals surface area contributed by atoms with E-state index in [1.54, 1.807) is 29.4 Å². The van der Waals surface area contributed by atoms with Crippen molar-refractivity contribution in [2.45, 2.75) is 49.2 Å². The van der Waals surface area contributed by atoms with Crippen molar-refractivity contribution in [3.8, 4) is 10.8 Å². The van der Waals surface area contributed by atoms with Gasteiger partial charge in [0, 0.05) is 25.2 Å². The molecule has 1 aliphatic heterocycles. The van der Waals surface area contributed by atoms with E-state index in [1.165, 1.54) is 0 Å². The summed E-state index contributed by atoms with van der Waals surface area (Å²) in [5.74, 6) is 1.67. The molecule has 0 radical (unpaired) electrons. The SMILES string of the molecule is NC(=O)CCc1nnc(SCc2coc(-c3cccs3)n2)n1CC1CCCO1. The predicted octanol–water partition coefficient (Wildman–Crippen LogP) is 2.88. The summed E-state index contributed by atoms with van der Waals surface area (Å²) in [6.07, 6.45) is 4.64. The maximum absolute atomic E-state index is 11.2. The first kappa shape index (κ1) is 19.2. The molecule has 0 aromatic carbocycles. The van der Waals surface area contributed by atoms with Crippen LogP contribution in [0.2, 0.25) is 0 Å². The van der Waals surface area contributed by atoms with Gasteiger partial charge >= 0.3 is 0 Å². The lowest BCUT2D eigenvalue weighted by Crippen LogP contribution is -2.19. The Morgan fingerprint density at radius 3 is 3.11 bits per heavy atom. The first-order chi connectivity index (χ1) is 13.7. The molecule has 1 amide bonds. The van der Waals surface area contributed by atoms with Gasteiger partial charge in [-0.15, -0.1) is 21.5 Å². The molecule has 28 heavy (non-hydrogen) atoms. The fraction of sp³-hybridized carbons (Fsp3) is 0.444. The summed E-state index contributed by atoms with van der Waals surface area (Å²) in [5.41, 5.74) is 6.14. The van der Waals surface area contributed by atoms with Gasteiger partial charge in [-0.2, -0.15) is 0 Å². The van der Waals surface area contributed by atoms with Crippen molar-refractivity contribution in [3.05, 3.63) is 35.3 Å². The number of thiophene rings is 1. The normalized spacial score (nSPS) is 16.6. The van der Waals surface area contributed by atoms with Crippen molar-refractivity contribution in [2.24, 2.45) is 5.73 Å². The first-order valence-corrected chi connectivity index (χ1v) is 11.0. The van der Waals surface area contributed by atoms with E-state index < -0.39 is 0 Å². The van der Waals surface area contributed by atoms with Gasteiger partial charge in [-0.05, 0) is 24.3 Å². The Bertz CT molecular complexity index is 916. The fourth-order valence-electron chi connectivity index (χ4n) is 3.05. The average molecular weight is 420 g/mol. The molecule has 10 heteroatoms. The molecule has 1 saturated heterocycles. The minimum Gasteiger partial charge on any atom is -0.444 e. The predicted molar refractivity (Wildman–Crippen MR) is 106 cm³/mol. The number of hydrogen-bond donors (Lipinski definition) is 1. The van der Waals surface area contributed by atoms with E-state index in [0.717, 1.165) is 41.0 Å². The molecule has 8 nitrogen and oxygen atoms in total. The zero-order chi connectivity index (χ0) is 19.3. The summed E-state index contributed by atoms with van der Waals surface area (Å²) in [4.78, 5) is 16.7. The van der Waals surface area contributed by atoms with Gasteiger partial charge in [0.15, 0.2) is 5.16 Å². The molecule has 0 saturated carbocycles. The third-order valence-electron chi connectivity index (χ3n) is 4.43. The molecule has 148 valence electrons. The highest BCUT2D eigenvalue weighted by Gasteiger charge is 2.21. The van der Waals surface area contributed by atoms with Crippen LogP contribution in [0.4, 0.5) is 0 Å². The number of amides is 1. The second-order valence-corrected chi connectivity index (χ2v) is 8.41. The van der Waals surface area contributed by atoms with Crippen LogP contribution in [-0.4, -0.2) is 38.4 Å². The Hall–Kier alpha value is -2.17. The van der Waals surface area contributed by atoms with Gasteiger partial charge in [0.05, 0.1) is 23.2 Å². The molecule has 1 fully saturated rings. The topological polar surface area (TPSA) is 109 Å². The second-order valence-electron chi connectivity index (χ2n) is 6.52. The van der Waals surface area contributed by atoms with E-state index in [9.17, 15) is 4.79 Å². The minimum absolute atomic E-state index is 0.153. The monoisotopic (exact) mass is 419 g/mol. The maximum atomic E-state index is 11.2. The van der Waals surface area contributed by atoms with E-state index in [0.29, 0.717) is 24.6 Å². The number of hydrogen-bond acceptors (Lipinski definition) is 8. The first-order valence-electron chi connectivity index (χ1n) is 9.12. The summed E-state index contributed by atoms with van der Waals surface area (Å²) in [6, 6.07) is 3.95. The van der Waals surface area contributed by atoms with Gasteiger partial charge in [0.1, 0.15) is 12.1 Å². The van der Waals surface area contributed by atoms with Crippen LogP contribution in [0.15, 0.2) is 33.3 Å². The molecule has 0 bridgehead atoms. The highest BCUT2D eigenvalue weighted by Crippen LogP contribution is 2.28. The maximum Gasteiger partial charge on any atom is 0.236 e. The van der Waals surface area contributed by atoms with Crippen LogP contribution < -0.4 is 5.73 Å². The number of oxazole rings is 1. The van der Waals surface area contributed by atoms with Crippen LogP contribution in [0.1, 0.15) is 30.8 Å². The highest BCUT2D eigenvalue weighted by atomic mass is 32.2. The Morgan fingerprint density at radius 2 is 2.36 bits per heavy atom. The van der Waals surface area contributed by atoms with E-state index in [2.05, 4.69) is 15.2 Å². The van der Waals surface area contributed by atoms with Crippen molar-refractivity contribution in [1.82, 2.24) is 19.7 Å². The zero-order valence-corrected chi connectivity index (χ0v) is 16.9. The van der Waals surface area contributed by atoms with Crippen LogP contribution in [0.25, 0.3) is 10.8 Å². The Kier molecular flexibility index (Phi) is 6.08. The average Bonchev–Trinajstić information content (AvgIpc) is 3.45. The van der Waals surface area contributed by atoms with E-state index >= 15 is 0 Å². The lowest BCUT2D eigenvalue weighted by Gasteiger charge is -2.14. The Balaban J connectivity index is 1.46. The number of aryl methyl sites for hydroxylation is 1. The molecule has 0 aliphatic carbocycles. The van der Waals surface area contributed by atoms with Crippen LogP contribution in [0.5, 0.6) is 0 Å². The van der Waals surface area contributed by atoms with Crippen LogP contribution in [0.3, 0.4) is 0 Å². The van der Waals surface area contributed by atoms with E-state index in [1.807, 2.05) is 22.1 Å². The molecule has 4 rings (SSSR count). The summed E-state index contributed by atoms with van der Waals surface area (Å²) < 4.78 is 13.4. The lowest BCUT2D eigenvalue weighted by atomic mass is 10.2. The van der Waals surface area contributed by atoms with Crippen LogP contribution in [0, 0.1) is 0 Å². The van der Waals surface area contributed by atoms with Crippen molar-refractivity contribution in [1.29, 1.82) is 0 Å². The number of nitrogens with two attached hydrogens (primary N) is 1. The Labute approximate surface area is 170 Å². The third-order valence-corrected chi connectivity index (χ3v) is 6.29. The summed E-state index contributed by atoms with van der Waals surface area (Å²) >= 11 is 3.14. The molecule has 3 aromatic heterocycles. The minimum atomic E-state index is -0.343. The van der Waals surface area contributed by atoms with Gasteiger partial charge in [-0.3, -0.25) is 4.79 Å². The largest absolute Gasteiger partial charge is 0.444 e. The number of carbonyl (C=O) groups excluding carboxylic acids is 1. The van der Waals surface area contributed by atoms with Crippen molar-refractivity contribution in [2.75, 3.05) is 6.61 Å². The zero-order valence-electron chi connectivity index (χ0n) is 15.2. The number of rotatable bonds is 9. The fourth-order valence-corrected chi connectivity index (χ4v) is 4.55. The number of primary amides is 1. The highest BCUT2D eigenvalue weighted by molar-refractivity contribution is 7.98. The van der Waals surface area contributed by atoms with Gasteiger partial charge in [0.2, 0.25) is 11.8 Å². The quantitative estimate of drug-likeness (QED) is 0.531. The number of nitrogens with zero attached hydrogens (tertiary/aromatic N) is 4. The van der Waals surface area contributed by atoms with Crippen molar-refractivity contribution < 1.29 is 13.9 Å². The molecule has 1 aliphatic rings. The van der Waals surface area contributed by atoms with E-state index in [4.69, 9.17) is 14.9 Å². The van der Waals surface area contributed by atoms with Gasteiger partial charge in [0.25, 0.3) is 0 Å². The molecule has 1 atom stereocenters. The number of thioether (sulfide) groups is 1. The number of carbonyl (C=O) groups is 1. The number of aromatic nitrogens is 4. The lowest BCUT2D eigenvalue weighted by molar-refractivity contribution is -0.118. The molecular weight excluding hydrogens is 398 g/mol. The summed E-state index contributed by atoms with van der Waals surface area (Å²) in [5, 5.41) is 11.4. The van der Waals surface area contributed by atoms with Gasteiger partial charge in [-0.1, -0.05) is 17.8 Å². The smallest absolute Gasteiger partial charge is 0.236 e. The van der Waals surface area contributed by atoms with Gasteiger partial charge in [-0.25, -0.2) is 4.98 Å². The van der Waals surface area contributed by atoms with Gasteiger partial charge < -0.3 is 19.5 Å². The molecule has 3 aromatic rings. The third kappa shape index (κ3) is 4.62. The molecular formula is C18H21N5O3S2. The van der Waals surface area contributed by atoms with Crippen molar-refractivity contribution in [3.63, 3.8) is 0 Å². The van der Waals surface area contributed by atoms with Crippen LogP contribution >= 0.6 is 23.1 Å². The summed E-state index contributed by atoms with van der Waals surface area (Å²) in [7, 11) is 0. The molecule has 1 unspecified atom stereocenters. The van der Waals surface area contributed by atoms with E-state index in [-0.39, 0.29) is 18.4 Å². The summed E-state index contributed by atoms with van der Waals surface area (Å²) in [6.45, 7) is 1.47. The van der Waals surface area contributed by atoms with Crippen LogP contribution in [-0.2, 0) is 28.2 Å². The molecule has 2 N–H and O–H groups in total.